The Morgan fingerprint density at radius 2 is 1.15 bits per heavy atom. The minimum Gasteiger partial charge on any atom is -0.497 e. The Morgan fingerprint density at radius 3 is 1.58 bits per heavy atom. The summed E-state index contributed by atoms with van der Waals surface area (Å²) in [5.41, 5.74) is 5.51. The summed E-state index contributed by atoms with van der Waals surface area (Å²) in [6, 6.07) is 24.5. The van der Waals surface area contributed by atoms with Gasteiger partial charge in [-0.25, -0.2) is 0 Å². The normalized spacial score (nSPS) is 10.3. The largest absolute Gasteiger partial charge is 0.497 e. The maximum atomic E-state index is 5.27. The molecule has 26 heavy (non-hydrogen) atoms. The lowest BCUT2D eigenvalue weighted by Crippen LogP contribution is -2.04. The van der Waals surface area contributed by atoms with E-state index in [9.17, 15) is 0 Å². The number of aliphatic imine (C=N–C) groups is 1. The van der Waals surface area contributed by atoms with Crippen LogP contribution in [-0.2, 0) is 6.54 Å². The SMILES string of the molecule is COc1ccc(C(=NCc2ccc(C)cc2)c2ccc(OC)cc2)cc1. The van der Waals surface area contributed by atoms with E-state index >= 15 is 0 Å². The van der Waals surface area contributed by atoms with Crippen LogP contribution in [0.5, 0.6) is 11.5 Å². The summed E-state index contributed by atoms with van der Waals surface area (Å²) in [6.07, 6.45) is 0. The molecule has 0 N–H and O–H groups in total. The van der Waals surface area contributed by atoms with Crippen LogP contribution in [0.25, 0.3) is 0 Å². The monoisotopic (exact) mass is 345 g/mol. The van der Waals surface area contributed by atoms with E-state index in [2.05, 4.69) is 31.2 Å². The molecule has 0 atom stereocenters. The summed E-state index contributed by atoms with van der Waals surface area (Å²) in [6.45, 7) is 2.72. The second-order valence-electron chi connectivity index (χ2n) is 6.11. The molecule has 0 saturated carbocycles. The predicted molar refractivity (Wildman–Crippen MR) is 107 cm³/mol. The second kappa shape index (κ2) is 8.34. The van der Waals surface area contributed by atoms with Crippen LogP contribution in [0.3, 0.4) is 0 Å². The Balaban J connectivity index is 1.96. The van der Waals surface area contributed by atoms with E-state index in [0.29, 0.717) is 6.54 Å². The van der Waals surface area contributed by atoms with Gasteiger partial charge in [0.15, 0.2) is 0 Å². The Kier molecular flexibility index (Phi) is 5.69. The van der Waals surface area contributed by atoms with Crippen molar-refractivity contribution in [3.63, 3.8) is 0 Å². The first kappa shape index (κ1) is 17.7. The number of aryl methyl sites for hydroxylation is 1. The summed E-state index contributed by atoms with van der Waals surface area (Å²) >= 11 is 0. The van der Waals surface area contributed by atoms with Gasteiger partial charge in [0.25, 0.3) is 0 Å². The fraction of sp³-hybridized carbons (Fsp3) is 0.174. The topological polar surface area (TPSA) is 30.8 Å². The van der Waals surface area contributed by atoms with Crippen molar-refractivity contribution in [2.75, 3.05) is 14.2 Å². The van der Waals surface area contributed by atoms with Crippen molar-refractivity contribution < 1.29 is 9.47 Å². The van der Waals surface area contributed by atoms with E-state index in [1.54, 1.807) is 14.2 Å². The van der Waals surface area contributed by atoms with Crippen molar-refractivity contribution >= 4 is 5.71 Å². The number of rotatable bonds is 6. The first-order valence-electron chi connectivity index (χ1n) is 8.58. The van der Waals surface area contributed by atoms with Gasteiger partial charge < -0.3 is 9.47 Å². The molecule has 0 aliphatic rings. The van der Waals surface area contributed by atoms with Crippen molar-refractivity contribution in [3.05, 3.63) is 95.1 Å². The molecule has 0 amide bonds. The summed E-state index contributed by atoms with van der Waals surface area (Å²) in [4.78, 5) is 4.91. The highest BCUT2D eigenvalue weighted by Crippen LogP contribution is 2.19. The number of nitrogens with zero attached hydrogens (tertiary/aromatic N) is 1. The molecule has 0 aromatic heterocycles. The van der Waals surface area contributed by atoms with Crippen molar-refractivity contribution in [1.29, 1.82) is 0 Å². The maximum Gasteiger partial charge on any atom is 0.118 e. The molecule has 3 heteroatoms. The van der Waals surface area contributed by atoms with E-state index in [-0.39, 0.29) is 0 Å². The van der Waals surface area contributed by atoms with Crippen LogP contribution in [0.1, 0.15) is 22.3 Å². The molecule has 0 fully saturated rings. The summed E-state index contributed by atoms with van der Waals surface area (Å²) in [7, 11) is 3.34. The van der Waals surface area contributed by atoms with Crippen LogP contribution in [-0.4, -0.2) is 19.9 Å². The molecular formula is C23H23NO2. The van der Waals surface area contributed by atoms with Crippen molar-refractivity contribution in [3.8, 4) is 11.5 Å². The Morgan fingerprint density at radius 1 is 0.692 bits per heavy atom. The zero-order valence-corrected chi connectivity index (χ0v) is 15.4. The molecule has 3 rings (SSSR count). The third-order valence-corrected chi connectivity index (χ3v) is 4.27. The summed E-state index contributed by atoms with van der Waals surface area (Å²) < 4.78 is 10.5. The molecule has 3 nitrogen and oxygen atoms in total. The minimum absolute atomic E-state index is 0.633. The van der Waals surface area contributed by atoms with E-state index in [1.165, 1.54) is 11.1 Å². The molecule has 3 aromatic rings. The highest BCUT2D eigenvalue weighted by molar-refractivity contribution is 6.13. The second-order valence-corrected chi connectivity index (χ2v) is 6.11. The van der Waals surface area contributed by atoms with Crippen LogP contribution >= 0.6 is 0 Å². The molecular weight excluding hydrogens is 322 g/mol. The summed E-state index contributed by atoms with van der Waals surface area (Å²) in [5, 5.41) is 0. The Labute approximate surface area is 154 Å². The average molecular weight is 345 g/mol. The number of hydrogen-bond donors (Lipinski definition) is 0. The van der Waals surface area contributed by atoms with Gasteiger partial charge in [-0.15, -0.1) is 0 Å². The van der Waals surface area contributed by atoms with Crippen molar-refractivity contribution in [1.82, 2.24) is 0 Å². The van der Waals surface area contributed by atoms with Crippen LogP contribution in [0.4, 0.5) is 0 Å². The molecule has 0 heterocycles. The van der Waals surface area contributed by atoms with E-state index < -0.39 is 0 Å². The number of benzene rings is 3. The zero-order chi connectivity index (χ0) is 18.4. The van der Waals surface area contributed by atoms with Crippen LogP contribution in [0.15, 0.2) is 77.8 Å². The third kappa shape index (κ3) is 4.31. The highest BCUT2D eigenvalue weighted by atomic mass is 16.5. The average Bonchev–Trinajstić information content (AvgIpc) is 2.70. The first-order valence-corrected chi connectivity index (χ1v) is 8.58. The van der Waals surface area contributed by atoms with Gasteiger partial charge >= 0.3 is 0 Å². The lowest BCUT2D eigenvalue weighted by Gasteiger charge is -2.10. The summed E-state index contributed by atoms with van der Waals surface area (Å²) in [5.74, 6) is 1.67. The fourth-order valence-corrected chi connectivity index (χ4v) is 2.71. The van der Waals surface area contributed by atoms with Crippen LogP contribution < -0.4 is 9.47 Å². The van der Waals surface area contributed by atoms with Gasteiger partial charge in [0, 0.05) is 11.1 Å². The molecule has 0 spiro atoms. The van der Waals surface area contributed by atoms with Gasteiger partial charge in [-0.05, 0) is 61.0 Å². The predicted octanol–water partition coefficient (Wildman–Crippen LogP) is 5.05. The van der Waals surface area contributed by atoms with Crippen molar-refractivity contribution in [2.45, 2.75) is 13.5 Å². The molecule has 0 saturated heterocycles. The molecule has 0 unspecified atom stereocenters. The number of ether oxygens (including phenoxy) is 2. The molecule has 0 bridgehead atoms. The van der Waals surface area contributed by atoms with Crippen molar-refractivity contribution in [2.24, 2.45) is 4.99 Å². The lowest BCUT2D eigenvalue weighted by molar-refractivity contribution is 0.414. The van der Waals surface area contributed by atoms with Gasteiger partial charge in [0.05, 0.1) is 26.5 Å². The van der Waals surface area contributed by atoms with Gasteiger partial charge in [0.1, 0.15) is 11.5 Å². The maximum absolute atomic E-state index is 5.27. The Hall–Kier alpha value is -3.07. The molecule has 0 radical (unpaired) electrons. The van der Waals surface area contributed by atoms with Gasteiger partial charge in [-0.1, -0.05) is 29.8 Å². The highest BCUT2D eigenvalue weighted by Gasteiger charge is 2.08. The zero-order valence-electron chi connectivity index (χ0n) is 15.4. The lowest BCUT2D eigenvalue weighted by atomic mass is 10.0. The smallest absolute Gasteiger partial charge is 0.118 e. The van der Waals surface area contributed by atoms with Gasteiger partial charge in [-0.2, -0.15) is 0 Å². The standard InChI is InChI=1S/C23H23NO2/c1-17-4-6-18(7-5-17)16-24-23(19-8-12-21(25-2)13-9-19)20-10-14-22(26-3)15-11-20/h4-15H,16H2,1-3H3. The molecule has 0 aliphatic heterocycles. The quantitative estimate of drug-likeness (QED) is 0.585. The van der Waals surface area contributed by atoms with Crippen LogP contribution in [0.2, 0.25) is 0 Å². The first-order chi connectivity index (χ1) is 12.7. The third-order valence-electron chi connectivity index (χ3n) is 4.27. The number of methoxy groups -OCH3 is 2. The molecule has 132 valence electrons. The molecule has 3 aromatic carbocycles. The minimum atomic E-state index is 0.633. The Bertz CT molecular complexity index is 814. The van der Waals surface area contributed by atoms with Gasteiger partial charge in [-0.3, -0.25) is 4.99 Å². The molecule has 0 aliphatic carbocycles. The fourth-order valence-electron chi connectivity index (χ4n) is 2.71. The number of hydrogen-bond acceptors (Lipinski definition) is 3. The van der Waals surface area contributed by atoms with Crippen LogP contribution in [0, 0.1) is 6.92 Å². The van der Waals surface area contributed by atoms with Gasteiger partial charge in [0.2, 0.25) is 0 Å². The van der Waals surface area contributed by atoms with E-state index in [0.717, 1.165) is 28.3 Å². The van der Waals surface area contributed by atoms with E-state index in [1.807, 2.05) is 48.5 Å². The van der Waals surface area contributed by atoms with E-state index in [4.69, 9.17) is 14.5 Å².